The standard InChI is InChI=1S/C20H20F3NO3/c1-26-17-8-7-15(13-16(17)20(21,22)23)24-18(25)19(9-11-27-12-10-19)14-5-3-2-4-6-14/h2-8,13H,9-12H2,1H3,(H,24,25). The van der Waals surface area contributed by atoms with Crippen LogP contribution in [0.1, 0.15) is 24.0 Å². The monoisotopic (exact) mass is 379 g/mol. The Labute approximate surface area is 155 Å². The van der Waals surface area contributed by atoms with Crippen molar-refractivity contribution in [1.29, 1.82) is 0 Å². The van der Waals surface area contributed by atoms with Crippen LogP contribution in [0.25, 0.3) is 0 Å². The molecule has 1 fully saturated rings. The lowest BCUT2D eigenvalue weighted by molar-refractivity contribution is -0.138. The molecule has 0 unspecified atom stereocenters. The number of nitrogens with one attached hydrogen (secondary N) is 1. The van der Waals surface area contributed by atoms with Gasteiger partial charge in [-0.2, -0.15) is 13.2 Å². The SMILES string of the molecule is COc1ccc(NC(=O)C2(c3ccccc3)CCOCC2)cc1C(F)(F)F. The van der Waals surface area contributed by atoms with E-state index in [0.717, 1.165) is 11.6 Å². The summed E-state index contributed by atoms with van der Waals surface area (Å²) in [5.74, 6) is -0.625. The first-order chi connectivity index (χ1) is 12.9. The number of rotatable bonds is 4. The molecule has 0 spiro atoms. The summed E-state index contributed by atoms with van der Waals surface area (Å²) in [7, 11) is 1.18. The third-order valence-electron chi connectivity index (χ3n) is 4.87. The third kappa shape index (κ3) is 3.93. The van der Waals surface area contributed by atoms with Crippen LogP contribution in [-0.2, 0) is 21.1 Å². The zero-order valence-corrected chi connectivity index (χ0v) is 14.8. The number of benzene rings is 2. The molecule has 2 aromatic carbocycles. The molecule has 0 radical (unpaired) electrons. The largest absolute Gasteiger partial charge is 0.496 e. The number of carbonyl (C=O) groups is 1. The summed E-state index contributed by atoms with van der Waals surface area (Å²) in [6.07, 6.45) is -3.65. The van der Waals surface area contributed by atoms with Gasteiger partial charge in [-0.25, -0.2) is 0 Å². The van der Waals surface area contributed by atoms with E-state index in [1.165, 1.54) is 19.2 Å². The van der Waals surface area contributed by atoms with Crippen molar-refractivity contribution in [3.05, 3.63) is 59.7 Å². The first kappa shape index (κ1) is 19.2. The molecule has 1 amide bonds. The molecule has 0 atom stereocenters. The van der Waals surface area contributed by atoms with E-state index in [1.807, 2.05) is 30.3 Å². The normalized spacial score (nSPS) is 16.6. The Morgan fingerprint density at radius 3 is 2.37 bits per heavy atom. The second-order valence-electron chi connectivity index (χ2n) is 6.43. The summed E-state index contributed by atoms with van der Waals surface area (Å²) in [6, 6.07) is 12.8. The van der Waals surface area contributed by atoms with Crippen LogP contribution in [0.4, 0.5) is 18.9 Å². The van der Waals surface area contributed by atoms with E-state index in [9.17, 15) is 18.0 Å². The molecule has 1 aliphatic rings. The van der Waals surface area contributed by atoms with Crippen LogP contribution in [0.5, 0.6) is 5.75 Å². The highest BCUT2D eigenvalue weighted by atomic mass is 19.4. The lowest BCUT2D eigenvalue weighted by Gasteiger charge is -2.36. The van der Waals surface area contributed by atoms with Gasteiger partial charge in [0.15, 0.2) is 0 Å². The minimum absolute atomic E-state index is 0.0786. The maximum Gasteiger partial charge on any atom is 0.420 e. The number of ether oxygens (including phenoxy) is 2. The van der Waals surface area contributed by atoms with E-state index in [1.54, 1.807) is 0 Å². The molecule has 0 saturated carbocycles. The fourth-order valence-electron chi connectivity index (χ4n) is 3.38. The van der Waals surface area contributed by atoms with Gasteiger partial charge in [-0.15, -0.1) is 0 Å². The fourth-order valence-corrected chi connectivity index (χ4v) is 3.38. The van der Waals surface area contributed by atoms with Gasteiger partial charge in [-0.3, -0.25) is 4.79 Å². The topological polar surface area (TPSA) is 47.6 Å². The number of anilines is 1. The summed E-state index contributed by atoms with van der Waals surface area (Å²) >= 11 is 0. The minimum Gasteiger partial charge on any atom is -0.496 e. The van der Waals surface area contributed by atoms with Crippen molar-refractivity contribution in [2.24, 2.45) is 0 Å². The van der Waals surface area contributed by atoms with E-state index in [4.69, 9.17) is 9.47 Å². The number of hydrogen-bond donors (Lipinski definition) is 1. The number of hydrogen-bond acceptors (Lipinski definition) is 3. The summed E-state index contributed by atoms with van der Waals surface area (Å²) < 4.78 is 49.9. The molecule has 7 heteroatoms. The number of halogens is 3. The summed E-state index contributed by atoms with van der Waals surface area (Å²) in [4.78, 5) is 13.1. The van der Waals surface area contributed by atoms with Crippen LogP contribution in [0.3, 0.4) is 0 Å². The fraction of sp³-hybridized carbons (Fsp3) is 0.350. The molecule has 0 bridgehead atoms. The summed E-state index contributed by atoms with van der Waals surface area (Å²) in [5, 5.41) is 2.66. The Morgan fingerprint density at radius 2 is 1.78 bits per heavy atom. The number of amides is 1. The molecule has 1 saturated heterocycles. The highest BCUT2D eigenvalue weighted by Gasteiger charge is 2.42. The maximum absolute atomic E-state index is 13.2. The minimum atomic E-state index is -4.58. The predicted molar refractivity (Wildman–Crippen MR) is 94.8 cm³/mol. The second-order valence-corrected chi connectivity index (χ2v) is 6.43. The van der Waals surface area contributed by atoms with E-state index in [2.05, 4.69) is 5.32 Å². The first-order valence-corrected chi connectivity index (χ1v) is 8.57. The van der Waals surface area contributed by atoms with Crippen molar-refractivity contribution < 1.29 is 27.4 Å². The maximum atomic E-state index is 13.2. The molecular weight excluding hydrogens is 359 g/mol. The van der Waals surface area contributed by atoms with Gasteiger partial charge in [0.1, 0.15) is 5.75 Å². The van der Waals surface area contributed by atoms with Crippen molar-refractivity contribution in [3.8, 4) is 5.75 Å². The average molecular weight is 379 g/mol. The quantitative estimate of drug-likeness (QED) is 0.857. The molecule has 27 heavy (non-hydrogen) atoms. The molecule has 3 rings (SSSR count). The molecule has 1 aliphatic heterocycles. The molecular formula is C20H20F3NO3. The Kier molecular flexibility index (Phi) is 5.41. The molecule has 0 aromatic heterocycles. The van der Waals surface area contributed by atoms with Gasteiger partial charge in [0.05, 0.1) is 18.1 Å². The van der Waals surface area contributed by atoms with E-state index >= 15 is 0 Å². The lowest BCUT2D eigenvalue weighted by atomic mass is 9.73. The molecule has 4 nitrogen and oxygen atoms in total. The van der Waals surface area contributed by atoms with Gasteiger partial charge in [0.25, 0.3) is 0 Å². The second kappa shape index (κ2) is 7.60. The van der Waals surface area contributed by atoms with Crippen molar-refractivity contribution in [3.63, 3.8) is 0 Å². The van der Waals surface area contributed by atoms with Gasteiger partial charge < -0.3 is 14.8 Å². The van der Waals surface area contributed by atoms with Gasteiger partial charge in [0, 0.05) is 18.9 Å². The molecule has 1 N–H and O–H groups in total. The van der Waals surface area contributed by atoms with Crippen molar-refractivity contribution in [2.45, 2.75) is 24.4 Å². The smallest absolute Gasteiger partial charge is 0.420 e. The molecule has 1 heterocycles. The lowest BCUT2D eigenvalue weighted by Crippen LogP contribution is -2.44. The zero-order chi connectivity index (χ0) is 19.5. The first-order valence-electron chi connectivity index (χ1n) is 8.57. The van der Waals surface area contributed by atoms with Gasteiger partial charge in [0.2, 0.25) is 5.91 Å². The zero-order valence-electron chi connectivity index (χ0n) is 14.8. The summed E-state index contributed by atoms with van der Waals surface area (Å²) in [5.41, 5.74) is -0.855. The van der Waals surface area contributed by atoms with E-state index in [-0.39, 0.29) is 17.3 Å². The number of carbonyl (C=O) groups excluding carboxylic acids is 1. The predicted octanol–water partition coefficient (Wildman–Crippen LogP) is 4.40. The van der Waals surface area contributed by atoms with Crippen molar-refractivity contribution in [1.82, 2.24) is 0 Å². The van der Waals surface area contributed by atoms with E-state index < -0.39 is 17.2 Å². The third-order valence-corrected chi connectivity index (χ3v) is 4.87. The van der Waals surface area contributed by atoms with Crippen LogP contribution in [0, 0.1) is 0 Å². The highest BCUT2D eigenvalue weighted by Crippen LogP contribution is 2.39. The molecule has 0 aliphatic carbocycles. The van der Waals surface area contributed by atoms with Crippen LogP contribution in [0.2, 0.25) is 0 Å². The van der Waals surface area contributed by atoms with Gasteiger partial charge in [-0.1, -0.05) is 30.3 Å². The van der Waals surface area contributed by atoms with Crippen LogP contribution >= 0.6 is 0 Å². The Hall–Kier alpha value is -2.54. The van der Waals surface area contributed by atoms with Crippen molar-refractivity contribution in [2.75, 3.05) is 25.6 Å². The van der Waals surface area contributed by atoms with Gasteiger partial charge in [-0.05, 0) is 36.6 Å². The Morgan fingerprint density at radius 1 is 1.11 bits per heavy atom. The Bertz CT molecular complexity index is 800. The van der Waals surface area contributed by atoms with Crippen molar-refractivity contribution >= 4 is 11.6 Å². The highest BCUT2D eigenvalue weighted by molar-refractivity contribution is 5.99. The van der Waals surface area contributed by atoms with Crippen LogP contribution in [-0.4, -0.2) is 26.2 Å². The van der Waals surface area contributed by atoms with E-state index in [0.29, 0.717) is 26.1 Å². The van der Waals surface area contributed by atoms with Gasteiger partial charge >= 0.3 is 6.18 Å². The Balaban J connectivity index is 1.93. The summed E-state index contributed by atoms with van der Waals surface area (Å²) in [6.45, 7) is 0.831. The number of alkyl halides is 3. The molecule has 2 aromatic rings. The molecule has 144 valence electrons. The average Bonchev–Trinajstić information content (AvgIpc) is 2.68. The number of methoxy groups -OCH3 is 1. The van der Waals surface area contributed by atoms with Crippen LogP contribution in [0.15, 0.2) is 48.5 Å². The van der Waals surface area contributed by atoms with Crippen LogP contribution < -0.4 is 10.1 Å².